The zero-order valence-corrected chi connectivity index (χ0v) is 15.2. The van der Waals surface area contributed by atoms with Crippen molar-refractivity contribution in [2.75, 3.05) is 12.4 Å². The molecule has 9 heteroatoms. The minimum absolute atomic E-state index is 0.268. The number of anilines is 2. The van der Waals surface area contributed by atoms with Crippen LogP contribution in [-0.2, 0) is 15.8 Å². The van der Waals surface area contributed by atoms with Crippen molar-refractivity contribution in [3.63, 3.8) is 0 Å². The smallest absolute Gasteiger partial charge is 0.227 e. The van der Waals surface area contributed by atoms with Gasteiger partial charge in [-0.05, 0) is 35.9 Å². The molecule has 0 amide bonds. The molecule has 0 aliphatic heterocycles. The molecule has 0 radical (unpaired) electrons. The van der Waals surface area contributed by atoms with E-state index in [1.165, 1.54) is 19.2 Å². The summed E-state index contributed by atoms with van der Waals surface area (Å²) in [6, 6.07) is 12.6. The lowest BCUT2D eigenvalue weighted by atomic mass is 10.1. The van der Waals surface area contributed by atoms with Crippen LogP contribution < -0.4 is 15.2 Å². The fraction of sp³-hybridized carbons (Fsp3) is 0.111. The summed E-state index contributed by atoms with van der Waals surface area (Å²) in [6.07, 6.45) is 1.56. The molecule has 0 bridgehead atoms. The largest absolute Gasteiger partial charge is 0.496 e. The maximum absolute atomic E-state index is 13.4. The Bertz CT molecular complexity index is 1070. The predicted octanol–water partition coefficient (Wildman–Crippen LogP) is 2.82. The number of nitrogens with zero attached hydrogens (tertiary/aromatic N) is 2. The first kappa shape index (κ1) is 18.7. The van der Waals surface area contributed by atoms with Crippen LogP contribution in [0.5, 0.6) is 5.75 Å². The third-order valence-corrected chi connectivity index (χ3v) is 4.38. The number of aromatic nitrogens is 2. The van der Waals surface area contributed by atoms with Gasteiger partial charge in [0.25, 0.3) is 0 Å². The Morgan fingerprint density at radius 3 is 2.74 bits per heavy atom. The van der Waals surface area contributed by atoms with Gasteiger partial charge in [0, 0.05) is 23.5 Å². The summed E-state index contributed by atoms with van der Waals surface area (Å²) < 4.78 is 41.1. The van der Waals surface area contributed by atoms with Crippen molar-refractivity contribution < 1.29 is 17.5 Å². The highest BCUT2D eigenvalue weighted by Crippen LogP contribution is 2.29. The molecular formula is C18H17FN4O3S. The fourth-order valence-corrected chi connectivity index (χ4v) is 3.19. The summed E-state index contributed by atoms with van der Waals surface area (Å²) in [7, 11) is -2.17. The van der Waals surface area contributed by atoms with Crippen LogP contribution in [-0.4, -0.2) is 25.5 Å². The van der Waals surface area contributed by atoms with E-state index >= 15 is 0 Å². The number of ether oxygens (including phenoxy) is 1. The summed E-state index contributed by atoms with van der Waals surface area (Å²) in [5, 5.41) is 8.10. The molecule has 0 saturated heterocycles. The highest BCUT2D eigenvalue weighted by atomic mass is 32.2. The van der Waals surface area contributed by atoms with Crippen LogP contribution in [0.4, 0.5) is 16.0 Å². The third kappa shape index (κ3) is 4.99. The molecule has 0 fully saturated rings. The highest BCUT2D eigenvalue weighted by molar-refractivity contribution is 7.88. The Labute approximate surface area is 156 Å². The highest BCUT2D eigenvalue weighted by Gasteiger charge is 2.10. The molecule has 0 aliphatic carbocycles. The first-order valence-corrected chi connectivity index (χ1v) is 9.59. The van der Waals surface area contributed by atoms with E-state index in [1.807, 2.05) is 0 Å². The van der Waals surface area contributed by atoms with Crippen molar-refractivity contribution in [1.29, 1.82) is 0 Å². The van der Waals surface area contributed by atoms with Gasteiger partial charge in [-0.15, -0.1) is 0 Å². The molecule has 140 valence electrons. The van der Waals surface area contributed by atoms with Crippen molar-refractivity contribution in [3.05, 3.63) is 66.1 Å². The van der Waals surface area contributed by atoms with E-state index in [-0.39, 0.29) is 5.75 Å². The second-order valence-electron chi connectivity index (χ2n) is 5.74. The second-order valence-corrected chi connectivity index (χ2v) is 7.36. The van der Waals surface area contributed by atoms with Gasteiger partial charge in [0.15, 0.2) is 0 Å². The minimum Gasteiger partial charge on any atom is -0.496 e. The number of methoxy groups -OCH3 is 1. The lowest BCUT2D eigenvalue weighted by Crippen LogP contribution is -2.14. The molecule has 0 aliphatic rings. The molecule has 0 saturated carbocycles. The lowest BCUT2D eigenvalue weighted by molar-refractivity contribution is 0.413. The van der Waals surface area contributed by atoms with Gasteiger partial charge in [-0.3, -0.25) is 0 Å². The topological polar surface area (TPSA) is 107 Å². The number of primary sulfonamides is 1. The van der Waals surface area contributed by atoms with Crippen LogP contribution in [0.15, 0.2) is 54.7 Å². The first-order chi connectivity index (χ1) is 12.8. The summed E-state index contributed by atoms with van der Waals surface area (Å²) in [5.74, 6) is -0.0213. The Morgan fingerprint density at radius 1 is 1.19 bits per heavy atom. The van der Waals surface area contributed by atoms with Crippen molar-refractivity contribution in [2.24, 2.45) is 5.14 Å². The fourth-order valence-electron chi connectivity index (χ4n) is 2.55. The summed E-state index contributed by atoms with van der Waals surface area (Å²) in [5.41, 5.74) is 2.32. The monoisotopic (exact) mass is 388 g/mol. The maximum Gasteiger partial charge on any atom is 0.227 e. The van der Waals surface area contributed by atoms with Gasteiger partial charge >= 0.3 is 0 Å². The van der Waals surface area contributed by atoms with Crippen molar-refractivity contribution in [3.8, 4) is 17.0 Å². The van der Waals surface area contributed by atoms with Crippen LogP contribution >= 0.6 is 0 Å². The zero-order chi connectivity index (χ0) is 19.4. The number of nitrogens with two attached hydrogens (primary N) is 1. The van der Waals surface area contributed by atoms with Gasteiger partial charge < -0.3 is 10.1 Å². The third-order valence-electron chi connectivity index (χ3n) is 3.65. The van der Waals surface area contributed by atoms with Gasteiger partial charge in [0.05, 0.1) is 18.6 Å². The molecule has 0 spiro atoms. The van der Waals surface area contributed by atoms with Crippen LogP contribution in [0, 0.1) is 5.82 Å². The van der Waals surface area contributed by atoms with Crippen LogP contribution in [0.1, 0.15) is 5.56 Å². The van der Waals surface area contributed by atoms with Crippen molar-refractivity contribution >= 4 is 21.7 Å². The van der Waals surface area contributed by atoms with E-state index in [2.05, 4.69) is 15.3 Å². The molecule has 7 nitrogen and oxygen atoms in total. The van der Waals surface area contributed by atoms with E-state index in [0.717, 1.165) is 0 Å². The quantitative estimate of drug-likeness (QED) is 0.672. The molecule has 0 unspecified atom stereocenters. The molecule has 1 aromatic heterocycles. The van der Waals surface area contributed by atoms with Gasteiger partial charge in [-0.1, -0.05) is 12.1 Å². The van der Waals surface area contributed by atoms with Crippen molar-refractivity contribution in [1.82, 2.24) is 9.97 Å². The Hall–Kier alpha value is -3.04. The maximum atomic E-state index is 13.4. The summed E-state index contributed by atoms with van der Waals surface area (Å²) >= 11 is 0. The number of rotatable bonds is 6. The average Bonchev–Trinajstić information content (AvgIpc) is 2.60. The molecule has 0 atom stereocenters. The van der Waals surface area contributed by atoms with E-state index < -0.39 is 15.8 Å². The molecule has 3 aromatic rings. The standard InChI is InChI=1S/C18H17FN4O3S/c1-26-17-10-13(19)5-6-15(17)16-7-8-21-18(23-16)22-14-4-2-3-12(9-14)11-27(20,24)25/h2-10H,11H2,1H3,(H2,20,24,25)(H,21,22,23). The predicted molar refractivity (Wildman–Crippen MR) is 101 cm³/mol. The molecule has 3 N–H and O–H groups in total. The van der Waals surface area contributed by atoms with Gasteiger partial charge in [-0.2, -0.15) is 0 Å². The van der Waals surface area contributed by atoms with Crippen molar-refractivity contribution in [2.45, 2.75) is 5.75 Å². The number of nitrogens with one attached hydrogen (secondary N) is 1. The van der Waals surface area contributed by atoms with Gasteiger partial charge in [-0.25, -0.2) is 27.9 Å². The van der Waals surface area contributed by atoms with E-state index in [0.29, 0.717) is 34.2 Å². The number of halogens is 1. The van der Waals surface area contributed by atoms with Crippen LogP contribution in [0.3, 0.4) is 0 Å². The zero-order valence-electron chi connectivity index (χ0n) is 14.4. The van der Waals surface area contributed by atoms with Gasteiger partial charge in [0.2, 0.25) is 16.0 Å². The lowest BCUT2D eigenvalue weighted by Gasteiger charge is -2.10. The number of benzene rings is 2. The SMILES string of the molecule is COc1cc(F)ccc1-c1ccnc(Nc2cccc(CS(N)(=O)=O)c2)n1. The molecule has 3 rings (SSSR count). The Kier molecular flexibility index (Phi) is 5.33. The minimum atomic E-state index is -3.62. The second kappa shape index (κ2) is 7.68. The average molecular weight is 388 g/mol. The molecular weight excluding hydrogens is 371 g/mol. The van der Waals surface area contributed by atoms with E-state index in [4.69, 9.17) is 9.88 Å². The Morgan fingerprint density at radius 2 is 2.00 bits per heavy atom. The number of hydrogen-bond donors (Lipinski definition) is 2. The normalized spacial score (nSPS) is 11.2. The first-order valence-electron chi connectivity index (χ1n) is 7.87. The Balaban J connectivity index is 1.88. The molecule has 27 heavy (non-hydrogen) atoms. The summed E-state index contributed by atoms with van der Waals surface area (Å²) in [6.45, 7) is 0. The molecule has 1 heterocycles. The molecule has 2 aromatic carbocycles. The number of hydrogen-bond acceptors (Lipinski definition) is 6. The van der Waals surface area contributed by atoms with E-state index in [1.54, 1.807) is 42.6 Å². The summed E-state index contributed by atoms with van der Waals surface area (Å²) in [4.78, 5) is 8.57. The van der Waals surface area contributed by atoms with Gasteiger partial charge in [0.1, 0.15) is 11.6 Å². The van der Waals surface area contributed by atoms with E-state index in [9.17, 15) is 12.8 Å². The number of sulfonamides is 1. The van der Waals surface area contributed by atoms with Crippen LogP contribution in [0.2, 0.25) is 0 Å². The van der Waals surface area contributed by atoms with Crippen LogP contribution in [0.25, 0.3) is 11.3 Å².